The Kier molecular flexibility index (Phi) is 2.86. The summed E-state index contributed by atoms with van der Waals surface area (Å²) < 4.78 is 10.6. The highest BCUT2D eigenvalue weighted by Gasteiger charge is 1.99. The molecule has 0 aliphatic heterocycles. The van der Waals surface area contributed by atoms with Crippen molar-refractivity contribution in [3.8, 4) is 17.2 Å². The molecule has 0 unspecified atom stereocenters. The van der Waals surface area contributed by atoms with Crippen molar-refractivity contribution in [2.75, 3.05) is 12.8 Å². The second-order valence-electron chi connectivity index (χ2n) is 3.06. The van der Waals surface area contributed by atoms with E-state index >= 15 is 0 Å². The largest absolute Gasteiger partial charge is 0.497 e. The fourth-order valence-electron chi connectivity index (χ4n) is 1.18. The molecule has 2 N–H and O–H groups in total. The average molecular weight is 217 g/mol. The van der Waals surface area contributed by atoms with Crippen molar-refractivity contribution in [3.63, 3.8) is 0 Å². The Morgan fingerprint density at radius 2 is 1.75 bits per heavy atom. The highest BCUT2D eigenvalue weighted by molar-refractivity contribution is 5.36. The van der Waals surface area contributed by atoms with Crippen LogP contribution in [0.15, 0.2) is 36.7 Å². The zero-order chi connectivity index (χ0) is 11.4. The van der Waals surface area contributed by atoms with E-state index in [1.54, 1.807) is 13.2 Å². The summed E-state index contributed by atoms with van der Waals surface area (Å²) >= 11 is 0. The molecule has 5 nitrogen and oxygen atoms in total. The molecule has 0 aliphatic carbocycles. The van der Waals surface area contributed by atoms with Crippen molar-refractivity contribution < 1.29 is 9.47 Å². The highest BCUT2D eigenvalue weighted by atomic mass is 16.5. The first-order valence-electron chi connectivity index (χ1n) is 4.67. The molecule has 82 valence electrons. The first kappa shape index (κ1) is 10.2. The van der Waals surface area contributed by atoms with Crippen LogP contribution in [0.4, 0.5) is 5.95 Å². The summed E-state index contributed by atoms with van der Waals surface area (Å²) in [5.41, 5.74) is 5.37. The van der Waals surface area contributed by atoms with Crippen LogP contribution < -0.4 is 15.2 Å². The van der Waals surface area contributed by atoms with Gasteiger partial charge in [-0.15, -0.1) is 0 Å². The lowest BCUT2D eigenvalue weighted by Crippen LogP contribution is -1.94. The third kappa shape index (κ3) is 2.38. The van der Waals surface area contributed by atoms with Crippen LogP contribution >= 0.6 is 0 Å². The summed E-state index contributed by atoms with van der Waals surface area (Å²) in [7, 11) is 1.60. The van der Waals surface area contributed by atoms with Crippen molar-refractivity contribution in [2.45, 2.75) is 0 Å². The number of benzene rings is 1. The molecule has 1 aromatic carbocycles. The number of hydrogen-bond donors (Lipinski definition) is 1. The molecule has 1 aromatic heterocycles. The van der Waals surface area contributed by atoms with E-state index in [2.05, 4.69) is 9.97 Å². The van der Waals surface area contributed by atoms with Gasteiger partial charge < -0.3 is 15.2 Å². The second-order valence-corrected chi connectivity index (χ2v) is 3.06. The molecule has 0 saturated carbocycles. The Bertz CT molecular complexity index is 471. The predicted octanol–water partition coefficient (Wildman–Crippen LogP) is 1.86. The third-order valence-electron chi connectivity index (χ3n) is 1.93. The molecule has 1 heterocycles. The van der Waals surface area contributed by atoms with Crippen molar-refractivity contribution in [2.24, 2.45) is 0 Å². The lowest BCUT2D eigenvalue weighted by atomic mass is 10.3. The van der Waals surface area contributed by atoms with Gasteiger partial charge in [0, 0.05) is 6.07 Å². The Morgan fingerprint density at radius 3 is 2.44 bits per heavy atom. The number of ether oxygens (including phenoxy) is 2. The lowest BCUT2D eigenvalue weighted by molar-refractivity contribution is 0.408. The van der Waals surface area contributed by atoms with Crippen LogP contribution in [0.3, 0.4) is 0 Å². The van der Waals surface area contributed by atoms with E-state index in [0.29, 0.717) is 11.5 Å². The summed E-state index contributed by atoms with van der Waals surface area (Å²) in [6.45, 7) is 0. The summed E-state index contributed by atoms with van der Waals surface area (Å²) in [5.74, 6) is 2.14. The Morgan fingerprint density at radius 1 is 1.06 bits per heavy atom. The Labute approximate surface area is 92.9 Å². The number of hydrogen-bond acceptors (Lipinski definition) is 5. The minimum atomic E-state index is 0.220. The highest BCUT2D eigenvalue weighted by Crippen LogP contribution is 2.24. The molecule has 5 heteroatoms. The lowest BCUT2D eigenvalue weighted by Gasteiger charge is -2.06. The van der Waals surface area contributed by atoms with Gasteiger partial charge in [0.1, 0.15) is 11.5 Å². The van der Waals surface area contributed by atoms with Gasteiger partial charge in [-0.05, 0) is 12.1 Å². The number of nitrogens with two attached hydrogens (primary N) is 1. The summed E-state index contributed by atoms with van der Waals surface area (Å²) in [6, 6.07) is 7.27. The summed E-state index contributed by atoms with van der Waals surface area (Å²) in [4.78, 5) is 7.66. The van der Waals surface area contributed by atoms with Crippen molar-refractivity contribution in [1.82, 2.24) is 9.97 Å². The molecule has 2 aromatic rings. The molecule has 0 radical (unpaired) electrons. The van der Waals surface area contributed by atoms with E-state index in [1.807, 2.05) is 18.2 Å². The summed E-state index contributed by atoms with van der Waals surface area (Å²) in [5, 5.41) is 0. The molecule has 0 amide bonds. The molecule has 0 bridgehead atoms. The molecule has 0 fully saturated rings. The molecular weight excluding hydrogens is 206 g/mol. The van der Waals surface area contributed by atoms with E-state index in [0.717, 1.165) is 5.75 Å². The van der Waals surface area contributed by atoms with Gasteiger partial charge in [0.05, 0.1) is 19.5 Å². The van der Waals surface area contributed by atoms with Crippen LogP contribution in [0, 0.1) is 0 Å². The van der Waals surface area contributed by atoms with Crippen LogP contribution in [0.1, 0.15) is 0 Å². The second kappa shape index (κ2) is 4.48. The monoisotopic (exact) mass is 217 g/mol. The van der Waals surface area contributed by atoms with E-state index in [1.165, 1.54) is 12.4 Å². The quantitative estimate of drug-likeness (QED) is 0.849. The molecule has 2 rings (SSSR count). The van der Waals surface area contributed by atoms with Crippen molar-refractivity contribution in [3.05, 3.63) is 36.7 Å². The maximum absolute atomic E-state index is 5.52. The van der Waals surface area contributed by atoms with Gasteiger partial charge in [-0.1, -0.05) is 6.07 Å². The van der Waals surface area contributed by atoms with Gasteiger partial charge in [0.25, 0.3) is 0 Å². The van der Waals surface area contributed by atoms with Crippen molar-refractivity contribution in [1.29, 1.82) is 0 Å². The van der Waals surface area contributed by atoms with Crippen LogP contribution in [-0.4, -0.2) is 17.1 Å². The van der Waals surface area contributed by atoms with E-state index in [9.17, 15) is 0 Å². The zero-order valence-corrected chi connectivity index (χ0v) is 8.75. The molecule has 0 spiro atoms. The molecule has 0 aliphatic rings. The van der Waals surface area contributed by atoms with E-state index in [-0.39, 0.29) is 5.95 Å². The first-order valence-corrected chi connectivity index (χ1v) is 4.67. The number of rotatable bonds is 3. The fraction of sp³-hybridized carbons (Fsp3) is 0.0909. The first-order chi connectivity index (χ1) is 7.78. The van der Waals surface area contributed by atoms with Crippen molar-refractivity contribution >= 4 is 5.95 Å². The maximum Gasteiger partial charge on any atom is 0.220 e. The van der Waals surface area contributed by atoms with E-state index in [4.69, 9.17) is 15.2 Å². The third-order valence-corrected chi connectivity index (χ3v) is 1.93. The van der Waals surface area contributed by atoms with Crippen LogP contribution in [-0.2, 0) is 0 Å². The topological polar surface area (TPSA) is 70.3 Å². The molecule has 0 atom stereocenters. The predicted molar refractivity (Wildman–Crippen MR) is 59.5 cm³/mol. The summed E-state index contributed by atoms with van der Waals surface area (Å²) in [6.07, 6.45) is 3.03. The number of anilines is 1. The Hall–Kier alpha value is -2.30. The van der Waals surface area contributed by atoms with Gasteiger partial charge in [0.2, 0.25) is 5.95 Å². The molecule has 0 saturated heterocycles. The van der Waals surface area contributed by atoms with Gasteiger partial charge in [0.15, 0.2) is 5.75 Å². The standard InChI is InChI=1S/C11H11N3O2/c1-15-8-3-2-4-9(5-8)16-10-6-13-11(12)14-7-10/h2-7H,1H3,(H2,12,13,14). The van der Waals surface area contributed by atoms with Crippen LogP contribution in [0.5, 0.6) is 17.2 Å². The maximum atomic E-state index is 5.52. The minimum Gasteiger partial charge on any atom is -0.497 e. The number of nitrogen functional groups attached to an aromatic ring is 1. The minimum absolute atomic E-state index is 0.220. The normalized spacial score (nSPS) is 9.81. The number of nitrogens with zero attached hydrogens (tertiary/aromatic N) is 2. The fourth-order valence-corrected chi connectivity index (χ4v) is 1.18. The van der Waals surface area contributed by atoms with Crippen LogP contribution in [0.2, 0.25) is 0 Å². The van der Waals surface area contributed by atoms with E-state index < -0.39 is 0 Å². The zero-order valence-electron chi connectivity index (χ0n) is 8.75. The Balaban J connectivity index is 2.16. The average Bonchev–Trinajstić information content (AvgIpc) is 2.32. The number of aromatic nitrogens is 2. The number of methoxy groups -OCH3 is 1. The van der Waals surface area contributed by atoms with Gasteiger partial charge in [-0.25, -0.2) is 9.97 Å². The molecule has 16 heavy (non-hydrogen) atoms. The molecular formula is C11H11N3O2. The van der Waals surface area contributed by atoms with Crippen LogP contribution in [0.25, 0.3) is 0 Å². The van der Waals surface area contributed by atoms with Gasteiger partial charge >= 0.3 is 0 Å². The van der Waals surface area contributed by atoms with Gasteiger partial charge in [-0.2, -0.15) is 0 Å². The SMILES string of the molecule is COc1cccc(Oc2cnc(N)nc2)c1. The smallest absolute Gasteiger partial charge is 0.220 e. The van der Waals surface area contributed by atoms with Gasteiger partial charge in [-0.3, -0.25) is 0 Å².